The normalized spacial score (nSPS) is 15.6. The Morgan fingerprint density at radius 1 is 1.22 bits per heavy atom. The van der Waals surface area contributed by atoms with Gasteiger partial charge in [-0.05, 0) is 55.0 Å². The molecular weight excluding hydrogens is 408 g/mol. The second-order valence-corrected chi connectivity index (χ2v) is 8.59. The van der Waals surface area contributed by atoms with Gasteiger partial charge in [-0.25, -0.2) is 9.78 Å². The molecule has 1 saturated carbocycles. The van der Waals surface area contributed by atoms with Crippen LogP contribution >= 0.6 is 0 Å². The highest BCUT2D eigenvalue weighted by Crippen LogP contribution is 2.40. The van der Waals surface area contributed by atoms with Crippen molar-refractivity contribution in [1.29, 1.82) is 0 Å². The molecule has 8 heteroatoms. The molecule has 1 aromatic carbocycles. The number of aryl methyl sites for hydroxylation is 1. The summed E-state index contributed by atoms with van der Waals surface area (Å²) >= 11 is 0. The van der Waals surface area contributed by atoms with Gasteiger partial charge >= 0.3 is 5.69 Å². The third-order valence-electron chi connectivity index (χ3n) is 6.35. The molecule has 166 valence electrons. The molecule has 1 fully saturated rings. The molecule has 1 N–H and O–H groups in total. The fourth-order valence-electron chi connectivity index (χ4n) is 4.49. The van der Waals surface area contributed by atoms with Gasteiger partial charge in [-0.15, -0.1) is 0 Å². The first-order valence-electron chi connectivity index (χ1n) is 11.1. The van der Waals surface area contributed by atoms with Crippen LogP contribution in [0.1, 0.15) is 59.3 Å². The number of fused-ring (bicyclic) bond motifs is 2. The summed E-state index contributed by atoms with van der Waals surface area (Å²) in [7, 11) is 1.62. The molecule has 3 heterocycles. The van der Waals surface area contributed by atoms with Crippen LogP contribution in [-0.4, -0.2) is 39.0 Å². The fourth-order valence-corrected chi connectivity index (χ4v) is 4.49. The Morgan fingerprint density at radius 3 is 2.75 bits per heavy atom. The van der Waals surface area contributed by atoms with Crippen LogP contribution in [-0.2, 0) is 19.5 Å². The highest BCUT2D eigenvalue weighted by molar-refractivity contribution is 6.05. The molecule has 1 aliphatic heterocycles. The fraction of sp³-hybridized carbons (Fsp3) is 0.417. The van der Waals surface area contributed by atoms with Gasteiger partial charge in [-0.3, -0.25) is 19.1 Å². The van der Waals surface area contributed by atoms with Crippen molar-refractivity contribution < 1.29 is 9.53 Å². The molecule has 0 spiro atoms. The Bertz CT molecular complexity index is 1340. The molecular formula is C24H26N4O4. The number of aromatic nitrogens is 3. The smallest absolute Gasteiger partial charge is 0.329 e. The lowest BCUT2D eigenvalue weighted by Crippen LogP contribution is -2.38. The second-order valence-electron chi connectivity index (χ2n) is 8.59. The standard InChI is InChI=1S/C24H26N4O4/c1-3-9-28-21-20(22(29)26-24(28)31)18(12-19(25-21)15-4-5-15)23(30)27-10-8-14-6-7-17(32-2)11-16(14)13-27/h6-7,11-12,15H,3-5,8-10,13H2,1-2H3,(H,26,29,31). The Labute approximate surface area is 184 Å². The SMILES string of the molecule is CCCn1c(=O)[nH]c(=O)c2c(C(=O)N3CCc4ccc(OC)cc4C3)cc(C3CC3)nc21. The van der Waals surface area contributed by atoms with Gasteiger partial charge in [-0.2, -0.15) is 0 Å². The lowest BCUT2D eigenvalue weighted by Gasteiger charge is -2.29. The van der Waals surface area contributed by atoms with Gasteiger partial charge in [0.1, 0.15) is 5.75 Å². The van der Waals surface area contributed by atoms with Crippen LogP contribution < -0.4 is 16.0 Å². The van der Waals surface area contributed by atoms with E-state index in [0.717, 1.165) is 36.3 Å². The number of nitrogens with zero attached hydrogens (tertiary/aromatic N) is 3. The third-order valence-corrected chi connectivity index (χ3v) is 6.35. The quantitative estimate of drug-likeness (QED) is 0.666. The molecule has 2 aliphatic rings. The Morgan fingerprint density at radius 2 is 2.03 bits per heavy atom. The minimum Gasteiger partial charge on any atom is -0.497 e. The van der Waals surface area contributed by atoms with Crippen molar-refractivity contribution in [1.82, 2.24) is 19.4 Å². The van der Waals surface area contributed by atoms with Crippen LogP contribution in [0.2, 0.25) is 0 Å². The number of benzene rings is 1. The molecule has 32 heavy (non-hydrogen) atoms. The minimum atomic E-state index is -0.561. The van der Waals surface area contributed by atoms with Gasteiger partial charge in [0.2, 0.25) is 0 Å². The zero-order chi connectivity index (χ0) is 22.4. The van der Waals surface area contributed by atoms with E-state index >= 15 is 0 Å². The molecule has 0 bridgehead atoms. The van der Waals surface area contributed by atoms with Gasteiger partial charge < -0.3 is 9.64 Å². The Balaban J connectivity index is 1.63. The van der Waals surface area contributed by atoms with E-state index in [1.165, 1.54) is 10.1 Å². The average Bonchev–Trinajstić information content (AvgIpc) is 3.65. The lowest BCUT2D eigenvalue weighted by molar-refractivity contribution is 0.0736. The van der Waals surface area contributed by atoms with Crippen LogP contribution in [0, 0.1) is 0 Å². The maximum Gasteiger partial charge on any atom is 0.329 e. The minimum absolute atomic E-state index is 0.198. The summed E-state index contributed by atoms with van der Waals surface area (Å²) in [6.45, 7) is 3.39. The van der Waals surface area contributed by atoms with Crippen molar-refractivity contribution in [2.75, 3.05) is 13.7 Å². The first-order valence-corrected chi connectivity index (χ1v) is 11.1. The first kappa shape index (κ1) is 20.5. The van der Waals surface area contributed by atoms with E-state index in [0.29, 0.717) is 37.3 Å². The second kappa shape index (κ2) is 7.93. The van der Waals surface area contributed by atoms with Crippen molar-refractivity contribution in [2.24, 2.45) is 0 Å². The summed E-state index contributed by atoms with van der Waals surface area (Å²) in [5.41, 5.74) is 2.62. The van der Waals surface area contributed by atoms with Gasteiger partial charge in [0.25, 0.3) is 11.5 Å². The number of carbonyl (C=O) groups is 1. The zero-order valence-corrected chi connectivity index (χ0v) is 18.3. The number of nitrogens with one attached hydrogen (secondary N) is 1. The van der Waals surface area contributed by atoms with Crippen LogP contribution in [0.5, 0.6) is 5.75 Å². The van der Waals surface area contributed by atoms with Crippen molar-refractivity contribution in [3.8, 4) is 5.75 Å². The monoisotopic (exact) mass is 434 g/mol. The highest BCUT2D eigenvalue weighted by Gasteiger charge is 2.31. The Kier molecular flexibility index (Phi) is 5.07. The van der Waals surface area contributed by atoms with Gasteiger partial charge in [0.15, 0.2) is 5.65 Å². The molecule has 0 saturated heterocycles. The molecule has 0 unspecified atom stereocenters. The number of aromatic amines is 1. The maximum absolute atomic E-state index is 13.7. The number of hydrogen-bond acceptors (Lipinski definition) is 5. The number of rotatable bonds is 5. The molecule has 1 aliphatic carbocycles. The van der Waals surface area contributed by atoms with E-state index < -0.39 is 11.2 Å². The number of ether oxygens (including phenoxy) is 1. The molecule has 8 nitrogen and oxygen atoms in total. The van der Waals surface area contributed by atoms with E-state index in [2.05, 4.69) is 9.97 Å². The predicted octanol–water partition coefficient (Wildman–Crippen LogP) is 2.58. The largest absolute Gasteiger partial charge is 0.497 e. The number of carbonyl (C=O) groups excluding carboxylic acids is 1. The van der Waals surface area contributed by atoms with E-state index in [9.17, 15) is 14.4 Å². The number of hydrogen-bond donors (Lipinski definition) is 1. The summed E-state index contributed by atoms with van der Waals surface area (Å²) in [6.07, 6.45) is 3.46. The van der Waals surface area contributed by atoms with Crippen LogP contribution in [0.4, 0.5) is 0 Å². The molecule has 5 rings (SSSR count). The Hall–Kier alpha value is -3.42. The summed E-state index contributed by atoms with van der Waals surface area (Å²) in [5.74, 6) is 0.824. The highest BCUT2D eigenvalue weighted by atomic mass is 16.5. The number of amides is 1. The van der Waals surface area contributed by atoms with Crippen LogP contribution in [0.3, 0.4) is 0 Å². The van der Waals surface area contributed by atoms with Gasteiger partial charge in [-0.1, -0.05) is 13.0 Å². The van der Waals surface area contributed by atoms with Gasteiger partial charge in [0.05, 0.1) is 18.1 Å². The van der Waals surface area contributed by atoms with Crippen molar-refractivity contribution >= 4 is 16.9 Å². The summed E-state index contributed by atoms with van der Waals surface area (Å²) in [6, 6.07) is 7.69. The van der Waals surface area contributed by atoms with Gasteiger partial charge in [0, 0.05) is 31.2 Å². The van der Waals surface area contributed by atoms with Crippen molar-refractivity contribution in [3.05, 3.63) is 67.5 Å². The van der Waals surface area contributed by atoms with Crippen LogP contribution in [0.25, 0.3) is 11.0 Å². The third kappa shape index (κ3) is 3.49. The predicted molar refractivity (Wildman–Crippen MR) is 120 cm³/mol. The molecule has 3 aromatic rings. The van der Waals surface area contributed by atoms with E-state index in [1.807, 2.05) is 25.1 Å². The maximum atomic E-state index is 13.7. The molecule has 1 amide bonds. The molecule has 2 aromatic heterocycles. The number of H-pyrrole nitrogens is 1. The molecule has 0 atom stereocenters. The number of pyridine rings is 1. The summed E-state index contributed by atoms with van der Waals surface area (Å²) < 4.78 is 6.82. The molecule has 0 radical (unpaired) electrons. The first-order chi connectivity index (χ1) is 15.5. The van der Waals surface area contributed by atoms with E-state index in [1.54, 1.807) is 18.1 Å². The summed E-state index contributed by atoms with van der Waals surface area (Å²) in [4.78, 5) is 47.9. The lowest BCUT2D eigenvalue weighted by atomic mass is 9.98. The summed E-state index contributed by atoms with van der Waals surface area (Å²) in [5, 5.41) is 0.198. The van der Waals surface area contributed by atoms with E-state index in [-0.39, 0.29) is 17.2 Å². The average molecular weight is 434 g/mol. The van der Waals surface area contributed by atoms with Crippen LogP contribution in [0.15, 0.2) is 33.9 Å². The van der Waals surface area contributed by atoms with E-state index in [4.69, 9.17) is 4.74 Å². The zero-order valence-electron chi connectivity index (χ0n) is 18.3. The van der Waals surface area contributed by atoms with Crippen molar-refractivity contribution in [2.45, 2.75) is 51.6 Å². The topological polar surface area (TPSA) is 97.3 Å². The number of methoxy groups -OCH3 is 1. The van der Waals surface area contributed by atoms with Crippen molar-refractivity contribution in [3.63, 3.8) is 0 Å².